The normalized spacial score (nSPS) is 10.1. The van der Waals surface area contributed by atoms with Crippen LogP contribution < -0.4 is 11.1 Å². The number of anilines is 3. The second-order valence-corrected chi connectivity index (χ2v) is 4.08. The van der Waals surface area contributed by atoms with Gasteiger partial charge in [-0.15, -0.1) is 0 Å². The summed E-state index contributed by atoms with van der Waals surface area (Å²) in [4.78, 5) is 3.87. The Bertz CT molecular complexity index is 516. The summed E-state index contributed by atoms with van der Waals surface area (Å²) in [5.74, 6) is 0.106. The molecule has 0 amide bonds. The summed E-state index contributed by atoms with van der Waals surface area (Å²) in [5.41, 5.74) is 6.96. The summed E-state index contributed by atoms with van der Waals surface area (Å²) in [6, 6.07) is 8.25. The van der Waals surface area contributed by atoms with Crippen molar-refractivity contribution in [3.63, 3.8) is 0 Å². The lowest BCUT2D eigenvalue weighted by molar-refractivity contribution is 0.622. The van der Waals surface area contributed by atoms with Crippen molar-refractivity contribution < 1.29 is 4.39 Å². The number of nitrogens with one attached hydrogen (secondary N) is 1. The van der Waals surface area contributed by atoms with Crippen molar-refractivity contribution in [3.05, 3.63) is 46.8 Å². The van der Waals surface area contributed by atoms with Crippen molar-refractivity contribution in [2.75, 3.05) is 11.1 Å². The van der Waals surface area contributed by atoms with Crippen LogP contribution in [-0.2, 0) is 0 Å². The quantitative estimate of drug-likeness (QED) is 0.888. The number of pyridine rings is 1. The summed E-state index contributed by atoms with van der Waals surface area (Å²) >= 11 is 3.09. The molecule has 0 aliphatic heterocycles. The topological polar surface area (TPSA) is 50.9 Å². The van der Waals surface area contributed by atoms with Crippen LogP contribution in [0.4, 0.5) is 21.6 Å². The van der Waals surface area contributed by atoms with E-state index in [4.69, 9.17) is 5.73 Å². The maximum Gasteiger partial charge on any atom is 0.139 e. The SMILES string of the molecule is Nc1cc(Nc2ccc(Br)c(F)c2)ccn1. The van der Waals surface area contributed by atoms with Gasteiger partial charge < -0.3 is 11.1 Å². The molecule has 0 radical (unpaired) electrons. The summed E-state index contributed by atoms with van der Waals surface area (Å²) in [6.07, 6.45) is 1.59. The van der Waals surface area contributed by atoms with Gasteiger partial charge in [-0.05, 0) is 40.2 Å². The molecule has 0 aliphatic carbocycles. The van der Waals surface area contributed by atoms with E-state index in [0.717, 1.165) is 5.69 Å². The predicted molar refractivity (Wildman–Crippen MR) is 66.0 cm³/mol. The number of hydrogen-bond donors (Lipinski definition) is 2. The molecular formula is C11H9BrFN3. The van der Waals surface area contributed by atoms with Gasteiger partial charge >= 0.3 is 0 Å². The lowest BCUT2D eigenvalue weighted by Crippen LogP contribution is -1.94. The van der Waals surface area contributed by atoms with Gasteiger partial charge in [0.05, 0.1) is 4.47 Å². The zero-order chi connectivity index (χ0) is 11.5. The molecule has 0 saturated heterocycles. The van der Waals surface area contributed by atoms with Crippen molar-refractivity contribution in [2.24, 2.45) is 0 Å². The fraction of sp³-hybridized carbons (Fsp3) is 0. The van der Waals surface area contributed by atoms with Crippen LogP contribution in [0.15, 0.2) is 41.0 Å². The zero-order valence-corrected chi connectivity index (χ0v) is 9.83. The summed E-state index contributed by atoms with van der Waals surface area (Å²) < 4.78 is 13.7. The Hall–Kier alpha value is -1.62. The van der Waals surface area contributed by atoms with Gasteiger partial charge in [0.25, 0.3) is 0 Å². The number of halogens is 2. The van der Waals surface area contributed by atoms with E-state index < -0.39 is 0 Å². The van der Waals surface area contributed by atoms with Crippen LogP contribution in [-0.4, -0.2) is 4.98 Å². The molecule has 0 fully saturated rings. The fourth-order valence-corrected chi connectivity index (χ4v) is 1.51. The van der Waals surface area contributed by atoms with Gasteiger partial charge in [-0.1, -0.05) is 0 Å². The molecule has 1 heterocycles. The first-order valence-corrected chi connectivity index (χ1v) is 5.38. The smallest absolute Gasteiger partial charge is 0.139 e. The average Bonchev–Trinajstić information content (AvgIpc) is 2.24. The number of hydrogen-bond acceptors (Lipinski definition) is 3. The minimum Gasteiger partial charge on any atom is -0.384 e. The molecule has 0 atom stereocenters. The molecule has 16 heavy (non-hydrogen) atoms. The van der Waals surface area contributed by atoms with E-state index in [0.29, 0.717) is 16.0 Å². The van der Waals surface area contributed by atoms with Crippen LogP contribution in [0.5, 0.6) is 0 Å². The molecule has 1 aromatic carbocycles. The van der Waals surface area contributed by atoms with Crippen LogP contribution in [0.2, 0.25) is 0 Å². The third-order valence-electron chi connectivity index (χ3n) is 1.99. The molecule has 0 spiro atoms. The first-order chi connectivity index (χ1) is 7.65. The lowest BCUT2D eigenvalue weighted by Gasteiger charge is -2.07. The number of rotatable bonds is 2. The summed E-state index contributed by atoms with van der Waals surface area (Å²) in [5, 5.41) is 3.03. The molecule has 2 rings (SSSR count). The molecule has 5 heteroatoms. The summed E-state index contributed by atoms with van der Waals surface area (Å²) in [6.45, 7) is 0. The van der Waals surface area contributed by atoms with Gasteiger partial charge in [0.15, 0.2) is 0 Å². The Balaban J connectivity index is 2.24. The number of nitrogens with zero attached hydrogens (tertiary/aromatic N) is 1. The molecule has 1 aromatic heterocycles. The van der Waals surface area contributed by atoms with E-state index in [9.17, 15) is 4.39 Å². The van der Waals surface area contributed by atoms with Crippen LogP contribution in [0, 0.1) is 5.82 Å². The Morgan fingerprint density at radius 1 is 1.19 bits per heavy atom. The van der Waals surface area contributed by atoms with Crippen LogP contribution in [0.25, 0.3) is 0 Å². The molecule has 0 saturated carbocycles. The molecule has 82 valence electrons. The average molecular weight is 282 g/mol. The first kappa shape index (κ1) is 10.9. The second kappa shape index (κ2) is 4.49. The molecular weight excluding hydrogens is 273 g/mol. The third-order valence-corrected chi connectivity index (χ3v) is 2.63. The fourth-order valence-electron chi connectivity index (χ4n) is 1.27. The van der Waals surface area contributed by atoms with Crippen LogP contribution in [0.1, 0.15) is 0 Å². The van der Waals surface area contributed by atoms with Crippen LogP contribution in [0.3, 0.4) is 0 Å². The highest BCUT2D eigenvalue weighted by Crippen LogP contribution is 2.22. The predicted octanol–water partition coefficient (Wildman–Crippen LogP) is 3.31. The Morgan fingerprint density at radius 2 is 1.94 bits per heavy atom. The molecule has 2 aromatic rings. The molecule has 3 N–H and O–H groups in total. The maximum absolute atomic E-state index is 13.2. The number of benzene rings is 1. The molecule has 0 bridgehead atoms. The van der Waals surface area contributed by atoms with Crippen molar-refractivity contribution in [3.8, 4) is 0 Å². The van der Waals surface area contributed by atoms with Gasteiger partial charge in [-0.3, -0.25) is 0 Å². The van der Waals surface area contributed by atoms with Crippen LogP contribution >= 0.6 is 15.9 Å². The molecule has 3 nitrogen and oxygen atoms in total. The Morgan fingerprint density at radius 3 is 2.62 bits per heavy atom. The first-order valence-electron chi connectivity index (χ1n) is 4.59. The van der Waals surface area contributed by atoms with E-state index in [1.165, 1.54) is 6.07 Å². The van der Waals surface area contributed by atoms with E-state index in [2.05, 4.69) is 26.2 Å². The highest BCUT2D eigenvalue weighted by molar-refractivity contribution is 9.10. The van der Waals surface area contributed by atoms with Gasteiger partial charge in [0, 0.05) is 23.6 Å². The van der Waals surface area contributed by atoms with E-state index in [1.54, 1.807) is 30.5 Å². The maximum atomic E-state index is 13.2. The Kier molecular flexibility index (Phi) is 3.05. The van der Waals surface area contributed by atoms with Crippen molar-refractivity contribution in [1.82, 2.24) is 4.98 Å². The van der Waals surface area contributed by atoms with Crippen molar-refractivity contribution in [1.29, 1.82) is 0 Å². The third kappa shape index (κ3) is 2.49. The van der Waals surface area contributed by atoms with Crippen molar-refractivity contribution in [2.45, 2.75) is 0 Å². The van der Waals surface area contributed by atoms with Gasteiger partial charge in [-0.2, -0.15) is 0 Å². The highest BCUT2D eigenvalue weighted by Gasteiger charge is 2.01. The molecule has 0 unspecified atom stereocenters. The largest absolute Gasteiger partial charge is 0.384 e. The minimum atomic E-state index is -0.313. The van der Waals surface area contributed by atoms with E-state index in [-0.39, 0.29) is 5.82 Å². The van der Waals surface area contributed by atoms with Gasteiger partial charge in [-0.25, -0.2) is 9.37 Å². The zero-order valence-electron chi connectivity index (χ0n) is 8.24. The number of nitrogens with two attached hydrogens (primary N) is 1. The van der Waals surface area contributed by atoms with Crippen molar-refractivity contribution >= 4 is 33.1 Å². The lowest BCUT2D eigenvalue weighted by atomic mass is 10.3. The number of aromatic nitrogens is 1. The Labute approximate surface area is 101 Å². The number of nitrogen functional groups attached to an aromatic ring is 1. The van der Waals surface area contributed by atoms with Gasteiger partial charge in [0.2, 0.25) is 0 Å². The highest BCUT2D eigenvalue weighted by atomic mass is 79.9. The van der Waals surface area contributed by atoms with E-state index in [1.807, 2.05) is 0 Å². The van der Waals surface area contributed by atoms with E-state index >= 15 is 0 Å². The standard InChI is InChI=1S/C11H9BrFN3/c12-9-2-1-7(5-10(9)13)16-8-3-4-15-11(14)6-8/h1-6H,(H3,14,15,16). The monoisotopic (exact) mass is 281 g/mol. The second-order valence-electron chi connectivity index (χ2n) is 3.22. The van der Waals surface area contributed by atoms with Gasteiger partial charge in [0.1, 0.15) is 11.6 Å². The summed E-state index contributed by atoms with van der Waals surface area (Å²) in [7, 11) is 0. The molecule has 0 aliphatic rings. The minimum absolute atomic E-state index is 0.313.